The van der Waals surface area contributed by atoms with Crippen LogP contribution in [0.3, 0.4) is 0 Å². The Hall–Kier alpha value is -2.70. The fraction of sp³-hybridized carbons (Fsp3) is 0.375. The highest BCUT2D eigenvalue weighted by molar-refractivity contribution is 6.22. The second-order valence-corrected chi connectivity index (χ2v) is 5.49. The molecule has 0 bridgehead atoms. The van der Waals surface area contributed by atoms with Gasteiger partial charge in [0.2, 0.25) is 5.91 Å². The van der Waals surface area contributed by atoms with E-state index in [1.54, 1.807) is 18.2 Å². The number of aryl methyl sites for hydroxylation is 1. The maximum Gasteiger partial charge on any atom is 0.303 e. The average molecular weight is 318 g/mol. The lowest BCUT2D eigenvalue weighted by Gasteiger charge is -2.21. The molecule has 0 fully saturated rings. The molecule has 1 heterocycles. The summed E-state index contributed by atoms with van der Waals surface area (Å²) in [7, 11) is 0. The van der Waals surface area contributed by atoms with Gasteiger partial charge in [-0.2, -0.15) is 0 Å². The van der Waals surface area contributed by atoms with E-state index in [0.717, 1.165) is 10.5 Å². The van der Waals surface area contributed by atoms with Gasteiger partial charge in [-0.15, -0.1) is 0 Å². The molecule has 1 aromatic carbocycles. The lowest BCUT2D eigenvalue weighted by Crippen LogP contribution is -2.48. The van der Waals surface area contributed by atoms with Gasteiger partial charge in [0.05, 0.1) is 11.1 Å². The van der Waals surface area contributed by atoms with E-state index in [0.29, 0.717) is 11.1 Å². The summed E-state index contributed by atoms with van der Waals surface area (Å²) in [5.74, 6) is -2.40. The van der Waals surface area contributed by atoms with Gasteiger partial charge in [-0.05, 0) is 32.4 Å². The minimum atomic E-state index is -0.951. The number of carbonyl (C=O) groups excluding carboxylic acids is 3. The van der Waals surface area contributed by atoms with Crippen LogP contribution in [-0.2, 0) is 9.59 Å². The number of carbonyl (C=O) groups is 4. The van der Waals surface area contributed by atoms with Crippen molar-refractivity contribution in [1.29, 1.82) is 0 Å². The van der Waals surface area contributed by atoms with E-state index in [9.17, 15) is 19.2 Å². The maximum atomic E-state index is 12.4. The van der Waals surface area contributed by atoms with E-state index in [1.807, 2.05) is 6.92 Å². The number of hydrogen-bond acceptors (Lipinski definition) is 4. The third-order valence-corrected chi connectivity index (χ3v) is 3.71. The summed E-state index contributed by atoms with van der Waals surface area (Å²) in [6, 6.07) is 4.01. The Bertz CT molecular complexity index is 683. The van der Waals surface area contributed by atoms with Crippen LogP contribution in [0.25, 0.3) is 0 Å². The molecule has 0 radical (unpaired) electrons. The number of hydrogen-bond donors (Lipinski definition) is 2. The average Bonchev–Trinajstić information content (AvgIpc) is 2.73. The molecule has 0 saturated heterocycles. The molecule has 1 atom stereocenters. The lowest BCUT2D eigenvalue weighted by molar-refractivity contribution is -0.137. The highest BCUT2D eigenvalue weighted by Crippen LogP contribution is 2.25. The number of rotatable bonds is 6. The molecule has 7 heteroatoms. The van der Waals surface area contributed by atoms with Gasteiger partial charge in [0.15, 0.2) is 0 Å². The first-order valence-electron chi connectivity index (χ1n) is 7.31. The van der Waals surface area contributed by atoms with E-state index >= 15 is 0 Å². The van der Waals surface area contributed by atoms with Gasteiger partial charge in [0, 0.05) is 13.0 Å². The van der Waals surface area contributed by atoms with E-state index in [-0.39, 0.29) is 19.4 Å². The van der Waals surface area contributed by atoms with Crippen molar-refractivity contribution in [3.8, 4) is 0 Å². The number of carboxylic acids is 1. The van der Waals surface area contributed by atoms with Gasteiger partial charge in [0.25, 0.3) is 11.8 Å². The van der Waals surface area contributed by atoms with Gasteiger partial charge in [0.1, 0.15) is 6.04 Å². The van der Waals surface area contributed by atoms with Gasteiger partial charge < -0.3 is 10.4 Å². The SMILES string of the molecule is Cc1ccc2c(c1)C(=O)N(C(C)C(=O)NCCCC(=O)O)C2=O. The number of imide groups is 1. The van der Waals surface area contributed by atoms with E-state index in [2.05, 4.69) is 5.32 Å². The van der Waals surface area contributed by atoms with Crippen molar-refractivity contribution in [3.05, 3.63) is 34.9 Å². The normalized spacial score (nSPS) is 14.6. The predicted octanol–water partition coefficient (Wildman–Crippen LogP) is 0.961. The molecule has 2 rings (SSSR count). The quantitative estimate of drug-likeness (QED) is 0.600. The molecule has 122 valence electrons. The molecular weight excluding hydrogens is 300 g/mol. The standard InChI is InChI=1S/C16H18N2O5/c1-9-5-6-11-12(8-9)16(23)18(15(11)22)10(2)14(21)17-7-3-4-13(19)20/h5-6,8,10H,3-4,7H2,1-2H3,(H,17,21)(H,19,20). The van der Waals surface area contributed by atoms with Crippen molar-refractivity contribution < 1.29 is 24.3 Å². The highest BCUT2D eigenvalue weighted by atomic mass is 16.4. The molecule has 1 aliphatic heterocycles. The topological polar surface area (TPSA) is 104 Å². The third-order valence-electron chi connectivity index (χ3n) is 3.71. The molecule has 1 unspecified atom stereocenters. The number of benzene rings is 1. The third kappa shape index (κ3) is 3.39. The predicted molar refractivity (Wildman–Crippen MR) is 81.0 cm³/mol. The Balaban J connectivity index is 2.04. The van der Waals surface area contributed by atoms with E-state index in [4.69, 9.17) is 5.11 Å². The molecular formula is C16H18N2O5. The van der Waals surface area contributed by atoms with Gasteiger partial charge in [-0.3, -0.25) is 24.1 Å². The minimum Gasteiger partial charge on any atom is -0.481 e. The van der Waals surface area contributed by atoms with Crippen LogP contribution >= 0.6 is 0 Å². The minimum absolute atomic E-state index is 0.0546. The summed E-state index contributed by atoms with van der Waals surface area (Å²) < 4.78 is 0. The molecule has 3 amide bonds. The zero-order valence-electron chi connectivity index (χ0n) is 13.0. The Morgan fingerprint density at radius 2 is 1.87 bits per heavy atom. The smallest absolute Gasteiger partial charge is 0.303 e. The van der Waals surface area contributed by atoms with Crippen LogP contribution in [-0.4, -0.2) is 46.3 Å². The Kier molecular flexibility index (Phi) is 4.78. The van der Waals surface area contributed by atoms with Crippen molar-refractivity contribution in [2.75, 3.05) is 6.54 Å². The second-order valence-electron chi connectivity index (χ2n) is 5.49. The number of nitrogens with zero attached hydrogens (tertiary/aromatic N) is 1. The van der Waals surface area contributed by atoms with Gasteiger partial charge in [-0.25, -0.2) is 0 Å². The monoisotopic (exact) mass is 318 g/mol. The molecule has 0 saturated carbocycles. The number of amides is 3. The summed E-state index contributed by atoms with van der Waals surface area (Å²) in [6.45, 7) is 3.47. The molecule has 0 aliphatic carbocycles. The zero-order valence-corrected chi connectivity index (χ0v) is 13.0. The Morgan fingerprint density at radius 3 is 2.52 bits per heavy atom. The molecule has 2 N–H and O–H groups in total. The van der Waals surface area contributed by atoms with Crippen LogP contribution in [0, 0.1) is 6.92 Å². The van der Waals surface area contributed by atoms with Crippen LogP contribution < -0.4 is 5.32 Å². The zero-order chi connectivity index (χ0) is 17.1. The summed E-state index contributed by atoms with van der Waals surface area (Å²) in [4.78, 5) is 48.1. The fourth-order valence-electron chi connectivity index (χ4n) is 2.44. The fourth-order valence-corrected chi connectivity index (χ4v) is 2.44. The largest absolute Gasteiger partial charge is 0.481 e. The molecule has 1 aliphatic rings. The van der Waals surface area contributed by atoms with E-state index < -0.39 is 29.7 Å². The van der Waals surface area contributed by atoms with Crippen molar-refractivity contribution in [1.82, 2.24) is 10.2 Å². The van der Waals surface area contributed by atoms with Crippen LogP contribution in [0.15, 0.2) is 18.2 Å². The Morgan fingerprint density at radius 1 is 1.22 bits per heavy atom. The van der Waals surface area contributed by atoms with E-state index in [1.165, 1.54) is 6.92 Å². The second kappa shape index (κ2) is 6.60. The lowest BCUT2D eigenvalue weighted by atomic mass is 10.1. The van der Waals surface area contributed by atoms with Crippen molar-refractivity contribution in [3.63, 3.8) is 0 Å². The van der Waals surface area contributed by atoms with Gasteiger partial charge >= 0.3 is 5.97 Å². The first-order chi connectivity index (χ1) is 10.8. The van der Waals surface area contributed by atoms with Crippen molar-refractivity contribution in [2.24, 2.45) is 0 Å². The van der Waals surface area contributed by atoms with Crippen molar-refractivity contribution in [2.45, 2.75) is 32.7 Å². The van der Waals surface area contributed by atoms with Crippen LogP contribution in [0.5, 0.6) is 0 Å². The molecule has 0 aromatic heterocycles. The number of carboxylic acid groups (broad SMARTS) is 1. The summed E-state index contributed by atoms with van der Waals surface area (Å²) in [5, 5.41) is 11.1. The molecule has 7 nitrogen and oxygen atoms in total. The summed E-state index contributed by atoms with van der Waals surface area (Å²) in [6.07, 6.45) is 0.232. The number of aliphatic carboxylic acids is 1. The van der Waals surface area contributed by atoms with Gasteiger partial charge in [-0.1, -0.05) is 11.6 Å². The van der Waals surface area contributed by atoms with Crippen LogP contribution in [0.2, 0.25) is 0 Å². The molecule has 0 spiro atoms. The first-order valence-corrected chi connectivity index (χ1v) is 7.31. The Labute approximate surface area is 133 Å². The highest BCUT2D eigenvalue weighted by Gasteiger charge is 2.40. The van der Waals surface area contributed by atoms with Crippen LogP contribution in [0.1, 0.15) is 46.0 Å². The number of fused-ring (bicyclic) bond motifs is 1. The van der Waals surface area contributed by atoms with Crippen LogP contribution in [0.4, 0.5) is 0 Å². The van der Waals surface area contributed by atoms with Crippen molar-refractivity contribution >= 4 is 23.7 Å². The number of nitrogens with one attached hydrogen (secondary N) is 1. The summed E-state index contributed by atoms with van der Waals surface area (Å²) >= 11 is 0. The maximum absolute atomic E-state index is 12.4. The summed E-state index contributed by atoms with van der Waals surface area (Å²) in [5.41, 5.74) is 1.46. The molecule has 1 aromatic rings. The first kappa shape index (κ1) is 16.7. The molecule has 23 heavy (non-hydrogen) atoms.